The van der Waals surface area contributed by atoms with Gasteiger partial charge in [0.25, 0.3) is 10.2 Å². The molecule has 0 radical (unpaired) electrons. The van der Waals surface area contributed by atoms with E-state index in [2.05, 4.69) is 23.5 Å². The molecule has 0 aromatic rings. The van der Waals surface area contributed by atoms with Gasteiger partial charge in [0.15, 0.2) is 0 Å². The molecule has 0 spiro atoms. The number of likely N-dealkylation sites (tertiary alicyclic amines) is 1. The van der Waals surface area contributed by atoms with Crippen LogP contribution in [0.4, 0.5) is 0 Å². The first-order valence-corrected chi connectivity index (χ1v) is 10.3. The largest absolute Gasteiger partial charge is 0.299 e. The third-order valence-corrected chi connectivity index (χ3v) is 6.93. The second-order valence-electron chi connectivity index (χ2n) is 7.25. The highest BCUT2D eigenvalue weighted by molar-refractivity contribution is 7.87. The summed E-state index contributed by atoms with van der Waals surface area (Å²) in [5, 5.41) is 0. The molecule has 6 heteroatoms. The summed E-state index contributed by atoms with van der Waals surface area (Å²) in [6.45, 7) is 7.08. The van der Waals surface area contributed by atoms with E-state index in [4.69, 9.17) is 0 Å². The van der Waals surface area contributed by atoms with Gasteiger partial charge in [-0.1, -0.05) is 26.2 Å². The zero-order valence-electron chi connectivity index (χ0n) is 14.4. The molecule has 0 amide bonds. The SMILES string of the molecule is C[C@H]1CCCN([C@H](C)CNS(=O)(=O)N(C)C2CCCCC2)C1. The van der Waals surface area contributed by atoms with Crippen LogP contribution in [0.15, 0.2) is 0 Å². The Labute approximate surface area is 136 Å². The maximum atomic E-state index is 12.5. The lowest BCUT2D eigenvalue weighted by Crippen LogP contribution is -2.50. The van der Waals surface area contributed by atoms with E-state index in [1.807, 2.05) is 0 Å². The molecular weight excluding hydrogens is 298 g/mol. The van der Waals surface area contributed by atoms with Crippen molar-refractivity contribution in [1.29, 1.82) is 0 Å². The van der Waals surface area contributed by atoms with E-state index in [1.165, 1.54) is 19.3 Å². The van der Waals surface area contributed by atoms with Gasteiger partial charge in [0.05, 0.1) is 0 Å². The molecule has 1 N–H and O–H groups in total. The Bertz CT molecular complexity index is 435. The van der Waals surface area contributed by atoms with Gasteiger partial charge in [-0.2, -0.15) is 12.7 Å². The summed E-state index contributed by atoms with van der Waals surface area (Å²) in [5.41, 5.74) is 0. The Morgan fingerprint density at radius 2 is 1.86 bits per heavy atom. The summed E-state index contributed by atoms with van der Waals surface area (Å²) in [6, 6.07) is 0.439. The molecule has 2 atom stereocenters. The molecule has 130 valence electrons. The summed E-state index contributed by atoms with van der Waals surface area (Å²) in [6.07, 6.45) is 8.04. The number of nitrogens with one attached hydrogen (secondary N) is 1. The quantitative estimate of drug-likeness (QED) is 0.812. The maximum absolute atomic E-state index is 12.5. The lowest BCUT2D eigenvalue weighted by atomic mass is 9.96. The first-order chi connectivity index (χ1) is 10.4. The van der Waals surface area contributed by atoms with E-state index in [9.17, 15) is 8.42 Å². The average Bonchev–Trinajstić information content (AvgIpc) is 2.52. The maximum Gasteiger partial charge on any atom is 0.279 e. The minimum absolute atomic E-state index is 0.177. The molecule has 0 aromatic carbocycles. The fourth-order valence-corrected chi connectivity index (χ4v) is 4.98. The third kappa shape index (κ3) is 4.91. The Morgan fingerprint density at radius 3 is 2.50 bits per heavy atom. The fraction of sp³-hybridized carbons (Fsp3) is 1.00. The molecule has 1 saturated carbocycles. The number of hydrogen-bond acceptors (Lipinski definition) is 3. The topological polar surface area (TPSA) is 52.7 Å². The van der Waals surface area contributed by atoms with Crippen molar-refractivity contribution >= 4 is 10.2 Å². The summed E-state index contributed by atoms with van der Waals surface area (Å²) in [4.78, 5) is 2.41. The second kappa shape index (κ2) is 8.08. The van der Waals surface area contributed by atoms with E-state index in [-0.39, 0.29) is 12.1 Å². The molecular formula is C16H33N3O2S. The predicted molar refractivity (Wildman–Crippen MR) is 91.0 cm³/mol. The van der Waals surface area contributed by atoms with Gasteiger partial charge >= 0.3 is 0 Å². The fourth-order valence-electron chi connectivity index (χ4n) is 3.72. The van der Waals surface area contributed by atoms with Crippen LogP contribution in [0, 0.1) is 5.92 Å². The molecule has 1 saturated heterocycles. The smallest absolute Gasteiger partial charge is 0.279 e. The molecule has 2 aliphatic rings. The first kappa shape index (κ1) is 18.2. The van der Waals surface area contributed by atoms with Crippen LogP contribution in [0.5, 0.6) is 0 Å². The molecule has 1 heterocycles. The highest BCUT2D eigenvalue weighted by atomic mass is 32.2. The monoisotopic (exact) mass is 331 g/mol. The zero-order chi connectivity index (χ0) is 16.2. The van der Waals surface area contributed by atoms with Crippen molar-refractivity contribution in [3.05, 3.63) is 0 Å². The van der Waals surface area contributed by atoms with Crippen molar-refractivity contribution in [2.45, 2.75) is 70.9 Å². The van der Waals surface area contributed by atoms with Crippen molar-refractivity contribution in [3.8, 4) is 0 Å². The van der Waals surface area contributed by atoms with Crippen LogP contribution in [-0.4, -0.2) is 56.4 Å². The summed E-state index contributed by atoms with van der Waals surface area (Å²) < 4.78 is 29.3. The standard InChI is InChI=1S/C16H33N3O2S/c1-14-8-7-11-19(13-14)15(2)12-17-22(20,21)18(3)16-9-5-4-6-10-16/h14-17H,4-13H2,1-3H3/t14-,15+/m0/s1. The molecule has 1 aliphatic carbocycles. The molecule has 5 nitrogen and oxygen atoms in total. The van der Waals surface area contributed by atoms with Gasteiger partial charge < -0.3 is 0 Å². The van der Waals surface area contributed by atoms with Crippen LogP contribution in [0.2, 0.25) is 0 Å². The van der Waals surface area contributed by atoms with Crippen molar-refractivity contribution in [3.63, 3.8) is 0 Å². The van der Waals surface area contributed by atoms with E-state index in [0.29, 0.717) is 6.54 Å². The van der Waals surface area contributed by atoms with Gasteiger partial charge in [0, 0.05) is 32.2 Å². The number of piperidine rings is 1. The number of hydrogen-bond donors (Lipinski definition) is 1. The van der Waals surface area contributed by atoms with Gasteiger partial charge in [-0.25, -0.2) is 4.72 Å². The van der Waals surface area contributed by atoms with E-state index in [1.54, 1.807) is 11.4 Å². The normalized spacial score (nSPS) is 27.2. The Balaban J connectivity index is 1.83. The molecule has 2 fully saturated rings. The minimum Gasteiger partial charge on any atom is -0.299 e. The van der Waals surface area contributed by atoms with Crippen molar-refractivity contribution in [2.75, 3.05) is 26.7 Å². The molecule has 22 heavy (non-hydrogen) atoms. The minimum atomic E-state index is -3.35. The van der Waals surface area contributed by atoms with Crippen LogP contribution in [0.1, 0.15) is 58.8 Å². The summed E-state index contributed by atoms with van der Waals surface area (Å²) >= 11 is 0. The Morgan fingerprint density at radius 1 is 1.18 bits per heavy atom. The van der Waals surface area contributed by atoms with E-state index >= 15 is 0 Å². The lowest BCUT2D eigenvalue weighted by Gasteiger charge is -2.36. The van der Waals surface area contributed by atoms with Gasteiger partial charge in [-0.05, 0) is 45.1 Å². The van der Waals surface area contributed by atoms with Crippen LogP contribution in [0.25, 0.3) is 0 Å². The molecule has 0 bridgehead atoms. The highest BCUT2D eigenvalue weighted by Crippen LogP contribution is 2.23. The van der Waals surface area contributed by atoms with Crippen molar-refractivity contribution in [2.24, 2.45) is 5.92 Å². The molecule has 0 unspecified atom stereocenters. The van der Waals surface area contributed by atoms with Gasteiger partial charge in [0.1, 0.15) is 0 Å². The van der Waals surface area contributed by atoms with Gasteiger partial charge in [-0.15, -0.1) is 0 Å². The summed E-state index contributed by atoms with van der Waals surface area (Å²) in [5.74, 6) is 0.720. The third-order valence-electron chi connectivity index (χ3n) is 5.34. The average molecular weight is 332 g/mol. The molecule has 2 rings (SSSR count). The lowest BCUT2D eigenvalue weighted by molar-refractivity contribution is 0.139. The molecule has 1 aliphatic heterocycles. The second-order valence-corrected chi connectivity index (χ2v) is 9.07. The van der Waals surface area contributed by atoms with Gasteiger partial charge in [-0.3, -0.25) is 4.90 Å². The highest BCUT2D eigenvalue weighted by Gasteiger charge is 2.28. The van der Waals surface area contributed by atoms with E-state index < -0.39 is 10.2 Å². The van der Waals surface area contributed by atoms with Crippen LogP contribution >= 0.6 is 0 Å². The van der Waals surface area contributed by atoms with Crippen LogP contribution in [0.3, 0.4) is 0 Å². The Kier molecular flexibility index (Phi) is 6.68. The number of nitrogens with zero attached hydrogens (tertiary/aromatic N) is 2. The van der Waals surface area contributed by atoms with Crippen LogP contribution < -0.4 is 4.72 Å². The Hall–Kier alpha value is -0.170. The van der Waals surface area contributed by atoms with Crippen LogP contribution in [-0.2, 0) is 10.2 Å². The van der Waals surface area contributed by atoms with Crippen molar-refractivity contribution < 1.29 is 8.42 Å². The van der Waals surface area contributed by atoms with E-state index in [0.717, 1.165) is 44.7 Å². The number of rotatable bonds is 6. The van der Waals surface area contributed by atoms with Crippen molar-refractivity contribution in [1.82, 2.24) is 13.9 Å². The first-order valence-electron chi connectivity index (χ1n) is 8.87. The molecule has 0 aromatic heterocycles. The zero-order valence-corrected chi connectivity index (χ0v) is 15.2. The summed E-state index contributed by atoms with van der Waals surface area (Å²) in [7, 11) is -1.62. The predicted octanol–water partition coefficient (Wildman–Crippen LogP) is 2.21. The van der Waals surface area contributed by atoms with Gasteiger partial charge in [0.2, 0.25) is 0 Å².